The number of benzene rings is 2. The zero-order valence-electron chi connectivity index (χ0n) is 19.9. The van der Waals surface area contributed by atoms with E-state index in [1.54, 1.807) is 0 Å². The number of nitrogens with one attached hydrogen (secondary N) is 3. The van der Waals surface area contributed by atoms with Gasteiger partial charge in [0.15, 0.2) is 5.78 Å². The van der Waals surface area contributed by atoms with Crippen molar-refractivity contribution in [1.82, 2.24) is 16.0 Å². The van der Waals surface area contributed by atoms with Gasteiger partial charge in [0.2, 0.25) is 0 Å². The Morgan fingerprint density at radius 1 is 0.706 bits per heavy atom. The number of fused-ring (bicyclic) bond motifs is 8. The van der Waals surface area contributed by atoms with Gasteiger partial charge >= 0.3 is 0 Å². The molecular formula is C29H36N4O. The lowest BCUT2D eigenvalue weighted by atomic mass is 9.42. The first-order valence-electron chi connectivity index (χ1n) is 13.4. The third kappa shape index (κ3) is 2.81. The van der Waals surface area contributed by atoms with Crippen LogP contribution in [0.1, 0.15) is 35.2 Å². The van der Waals surface area contributed by atoms with E-state index in [-0.39, 0.29) is 11.3 Å². The van der Waals surface area contributed by atoms with E-state index in [4.69, 9.17) is 0 Å². The van der Waals surface area contributed by atoms with Gasteiger partial charge in [-0.2, -0.15) is 0 Å². The Labute approximate surface area is 202 Å². The summed E-state index contributed by atoms with van der Waals surface area (Å²) in [5.41, 5.74) is 3.85. The standard InChI is InChI=1S/C29H36N4O/c34-28-20-8-4-5-9-22(20)29(23-10-13-30-16-21(23)28)24-11-14-31-17-26(24)33(19-6-2-1-3-7-19)27-18-32-15-12-25(27)29/h1-9,21,23-27,30-32H,10-18H2. The summed E-state index contributed by atoms with van der Waals surface area (Å²) in [5, 5.41) is 11.1. The Bertz CT molecular complexity index is 1050. The minimum atomic E-state index is 0.0715. The van der Waals surface area contributed by atoms with Gasteiger partial charge in [-0.05, 0) is 74.3 Å². The quantitative estimate of drug-likeness (QED) is 0.616. The number of anilines is 1. The fourth-order valence-corrected chi connectivity index (χ4v) is 9.02. The Morgan fingerprint density at radius 3 is 2.00 bits per heavy atom. The number of Topliss-reactive ketones (excluding diaryl/α,β-unsaturated/α-hetero) is 1. The van der Waals surface area contributed by atoms with Crippen LogP contribution in [0.25, 0.3) is 0 Å². The maximum Gasteiger partial charge on any atom is 0.167 e. The molecule has 1 aliphatic carbocycles. The highest BCUT2D eigenvalue weighted by atomic mass is 16.1. The van der Waals surface area contributed by atoms with E-state index in [2.05, 4.69) is 75.4 Å². The Balaban J connectivity index is 1.48. The number of rotatable bonds is 1. The molecule has 0 radical (unpaired) electrons. The molecule has 7 rings (SSSR count). The van der Waals surface area contributed by atoms with Gasteiger partial charge in [0.1, 0.15) is 0 Å². The largest absolute Gasteiger partial charge is 0.362 e. The smallest absolute Gasteiger partial charge is 0.167 e. The molecule has 4 saturated heterocycles. The molecule has 6 atom stereocenters. The van der Waals surface area contributed by atoms with Crippen LogP contribution in [-0.2, 0) is 5.41 Å². The number of carbonyl (C=O) groups is 1. The third-order valence-electron chi connectivity index (χ3n) is 9.99. The lowest BCUT2D eigenvalue weighted by molar-refractivity contribution is -0.0411. The summed E-state index contributed by atoms with van der Waals surface area (Å²) in [7, 11) is 0. The van der Waals surface area contributed by atoms with E-state index in [0.29, 0.717) is 35.6 Å². The molecule has 4 aliphatic heterocycles. The molecule has 0 bridgehead atoms. The zero-order chi connectivity index (χ0) is 22.7. The topological polar surface area (TPSA) is 56.4 Å². The van der Waals surface area contributed by atoms with Gasteiger partial charge in [0.05, 0.1) is 0 Å². The van der Waals surface area contributed by atoms with Crippen molar-refractivity contribution in [2.75, 3.05) is 44.2 Å². The Morgan fingerprint density at radius 2 is 1.29 bits per heavy atom. The first-order chi connectivity index (χ1) is 16.8. The SMILES string of the molecule is O=C1c2ccccc2C2(C3CCNCC13)C1CCNCC1N(c1ccccc1)C1CNCCC12. The highest BCUT2D eigenvalue weighted by Gasteiger charge is 2.66. The summed E-state index contributed by atoms with van der Waals surface area (Å²) in [6.07, 6.45) is 3.48. The molecule has 6 unspecified atom stereocenters. The molecule has 5 heteroatoms. The average molecular weight is 457 g/mol. The summed E-state index contributed by atoms with van der Waals surface area (Å²) in [5.74, 6) is 2.03. The molecule has 34 heavy (non-hydrogen) atoms. The molecule has 1 spiro atoms. The van der Waals surface area contributed by atoms with Crippen LogP contribution in [0.2, 0.25) is 0 Å². The maximum absolute atomic E-state index is 13.8. The van der Waals surface area contributed by atoms with Crippen LogP contribution in [-0.4, -0.2) is 57.1 Å². The van der Waals surface area contributed by atoms with Crippen molar-refractivity contribution in [1.29, 1.82) is 0 Å². The van der Waals surface area contributed by atoms with Crippen LogP contribution in [0.3, 0.4) is 0 Å². The van der Waals surface area contributed by atoms with Gasteiger partial charge < -0.3 is 20.9 Å². The van der Waals surface area contributed by atoms with Gasteiger partial charge in [-0.1, -0.05) is 42.5 Å². The van der Waals surface area contributed by atoms with Crippen LogP contribution in [0.5, 0.6) is 0 Å². The molecule has 5 nitrogen and oxygen atoms in total. The van der Waals surface area contributed by atoms with Crippen LogP contribution in [0.15, 0.2) is 54.6 Å². The Hall–Kier alpha value is -2.21. The molecule has 178 valence electrons. The van der Waals surface area contributed by atoms with E-state index in [1.807, 2.05) is 0 Å². The zero-order valence-corrected chi connectivity index (χ0v) is 19.9. The van der Waals surface area contributed by atoms with Crippen molar-refractivity contribution in [3.8, 4) is 0 Å². The highest BCUT2D eigenvalue weighted by Crippen LogP contribution is 2.62. The molecule has 2 aromatic rings. The number of para-hydroxylation sites is 1. The minimum Gasteiger partial charge on any atom is -0.362 e. The number of hydrogen-bond donors (Lipinski definition) is 3. The summed E-state index contributed by atoms with van der Waals surface area (Å²) >= 11 is 0. The van der Waals surface area contributed by atoms with E-state index < -0.39 is 0 Å². The second kappa shape index (κ2) is 8.18. The molecule has 0 aromatic heterocycles. The highest BCUT2D eigenvalue weighted by molar-refractivity contribution is 6.01. The summed E-state index contributed by atoms with van der Waals surface area (Å²) in [6, 6.07) is 20.8. The molecule has 0 saturated carbocycles. The lowest BCUT2D eigenvalue weighted by Gasteiger charge is -2.68. The van der Waals surface area contributed by atoms with Crippen LogP contribution < -0.4 is 20.9 Å². The van der Waals surface area contributed by atoms with E-state index in [1.165, 1.54) is 24.1 Å². The molecule has 3 N–H and O–H groups in total. The summed E-state index contributed by atoms with van der Waals surface area (Å²) in [6.45, 7) is 6.08. The van der Waals surface area contributed by atoms with Gasteiger partial charge in [0.25, 0.3) is 0 Å². The van der Waals surface area contributed by atoms with Crippen molar-refractivity contribution in [2.45, 2.75) is 36.8 Å². The van der Waals surface area contributed by atoms with Crippen LogP contribution in [0, 0.1) is 23.7 Å². The van der Waals surface area contributed by atoms with Gasteiger partial charge in [-0.15, -0.1) is 0 Å². The number of piperidine rings is 4. The predicted octanol–water partition coefficient (Wildman–Crippen LogP) is 2.82. The van der Waals surface area contributed by atoms with Crippen molar-refractivity contribution in [3.63, 3.8) is 0 Å². The van der Waals surface area contributed by atoms with Crippen molar-refractivity contribution in [3.05, 3.63) is 65.7 Å². The third-order valence-corrected chi connectivity index (χ3v) is 9.99. The van der Waals surface area contributed by atoms with E-state index >= 15 is 0 Å². The normalized spacial score (nSPS) is 39.1. The van der Waals surface area contributed by atoms with E-state index in [9.17, 15) is 4.79 Å². The van der Waals surface area contributed by atoms with Crippen molar-refractivity contribution < 1.29 is 4.79 Å². The minimum absolute atomic E-state index is 0.0715. The summed E-state index contributed by atoms with van der Waals surface area (Å²) in [4.78, 5) is 16.6. The lowest BCUT2D eigenvalue weighted by Crippen LogP contribution is -2.76. The molecule has 2 aromatic carbocycles. The number of nitrogens with zero attached hydrogens (tertiary/aromatic N) is 1. The average Bonchev–Trinajstić information content (AvgIpc) is 2.91. The molecular weight excluding hydrogens is 420 g/mol. The summed E-state index contributed by atoms with van der Waals surface area (Å²) < 4.78 is 0. The second-order valence-corrected chi connectivity index (χ2v) is 11.1. The van der Waals surface area contributed by atoms with Crippen LogP contribution >= 0.6 is 0 Å². The van der Waals surface area contributed by atoms with Gasteiger partial charge in [-0.25, -0.2) is 0 Å². The fourth-order valence-electron chi connectivity index (χ4n) is 9.02. The van der Waals surface area contributed by atoms with Crippen molar-refractivity contribution in [2.24, 2.45) is 23.7 Å². The van der Waals surface area contributed by atoms with Gasteiger partial charge in [0, 0.05) is 54.3 Å². The fraction of sp³-hybridized carbons (Fsp3) is 0.552. The van der Waals surface area contributed by atoms with E-state index in [0.717, 1.165) is 51.3 Å². The van der Waals surface area contributed by atoms with Crippen LogP contribution in [0.4, 0.5) is 5.69 Å². The van der Waals surface area contributed by atoms with Crippen molar-refractivity contribution >= 4 is 11.5 Å². The predicted molar refractivity (Wildman–Crippen MR) is 135 cm³/mol. The molecule has 5 aliphatic rings. The molecule has 4 fully saturated rings. The monoisotopic (exact) mass is 456 g/mol. The number of carbonyl (C=O) groups excluding carboxylic acids is 1. The number of hydrogen-bond acceptors (Lipinski definition) is 5. The second-order valence-electron chi connectivity index (χ2n) is 11.1. The molecule has 0 amide bonds. The molecule has 4 heterocycles. The number of ketones is 1. The first-order valence-corrected chi connectivity index (χ1v) is 13.4. The maximum atomic E-state index is 13.8. The Kier molecular flexibility index (Phi) is 5.08. The first kappa shape index (κ1) is 21.1. The van der Waals surface area contributed by atoms with Gasteiger partial charge in [-0.3, -0.25) is 4.79 Å².